The molecule has 0 N–H and O–H groups in total. The minimum absolute atomic E-state index is 2.70. The molecule has 11 heteroatoms. The topological polar surface area (TPSA) is 49.4 Å². The number of alkyl halides is 7. The zero-order chi connectivity index (χ0) is 12.4. The molecule has 15 heavy (non-hydrogen) atoms. The Morgan fingerprint density at radius 2 is 1.53 bits per heavy atom. The molecule has 0 spiro atoms. The van der Waals surface area contributed by atoms with Crippen LogP contribution in [0, 0.1) is 0 Å². The maximum Gasteiger partial charge on any atom is 0.422 e. The third-order valence-electron chi connectivity index (χ3n) is 1.11. The predicted octanol–water partition coefficient (Wildman–Crippen LogP) is 1.63. The van der Waals surface area contributed by atoms with Crippen LogP contribution in [0.25, 0.3) is 0 Å². The van der Waals surface area contributed by atoms with Crippen molar-refractivity contribution in [2.24, 2.45) is 0 Å². The van der Waals surface area contributed by atoms with Gasteiger partial charge in [0.05, 0.1) is 11.4 Å². The van der Waals surface area contributed by atoms with E-state index in [2.05, 4.69) is 4.18 Å². The first kappa shape index (κ1) is 14.6. The molecule has 0 aromatic rings. The van der Waals surface area contributed by atoms with Gasteiger partial charge in [0.25, 0.3) is 0 Å². The normalized spacial score (nSPS) is 17.9. The quantitative estimate of drug-likeness (QED) is 0.572. The maximum absolute atomic E-state index is 12.2. The van der Waals surface area contributed by atoms with Gasteiger partial charge in [0.15, 0.2) is 0 Å². The first-order chi connectivity index (χ1) is 6.49. The first-order valence-corrected chi connectivity index (χ1v) is 3.98. The van der Waals surface area contributed by atoms with Crippen molar-refractivity contribution in [3.63, 3.8) is 0 Å². The van der Waals surface area contributed by atoms with Gasteiger partial charge in [0.1, 0.15) is 0 Å². The molecular weight excluding hydrogens is 261 g/mol. The van der Waals surface area contributed by atoms with Crippen LogP contribution in [0.2, 0.25) is 0 Å². The summed E-state index contributed by atoms with van der Waals surface area (Å²) in [6, 6.07) is 0. The summed E-state index contributed by atoms with van der Waals surface area (Å²) in [5, 5.41) is 0. The van der Waals surface area contributed by atoms with Gasteiger partial charge in [0, 0.05) is 0 Å². The summed E-state index contributed by atoms with van der Waals surface area (Å²) in [5.41, 5.74) is 0. The second-order valence-electron chi connectivity index (χ2n) is 2.20. The van der Waals surface area contributed by atoms with E-state index < -0.39 is 36.0 Å². The van der Waals surface area contributed by atoms with E-state index in [9.17, 15) is 39.5 Å². The van der Waals surface area contributed by atoms with Crippen molar-refractivity contribution in [2.75, 3.05) is 0 Å². The van der Waals surface area contributed by atoms with Crippen molar-refractivity contribution in [1.29, 1.82) is 0 Å². The Labute approximate surface area is 80.7 Å². The third-order valence-corrected chi connectivity index (χ3v) is 1.46. The van der Waals surface area contributed by atoms with E-state index in [1.807, 2.05) is 0 Å². The fourth-order valence-corrected chi connectivity index (χ4v) is 0.924. The van der Waals surface area contributed by atoms with Gasteiger partial charge < -0.3 is 4.55 Å². The maximum atomic E-state index is 12.2. The summed E-state index contributed by atoms with van der Waals surface area (Å²) in [6.45, 7) is 0. The Bertz CT molecular complexity index is 239. The molecule has 0 aliphatic heterocycles. The Morgan fingerprint density at radius 3 is 1.73 bits per heavy atom. The van der Waals surface area contributed by atoms with E-state index in [1.165, 1.54) is 0 Å². The average molecular weight is 263 g/mol. The Kier molecular flexibility index (Phi) is 4.49. The van der Waals surface area contributed by atoms with Gasteiger partial charge >= 0.3 is 18.5 Å². The van der Waals surface area contributed by atoms with Crippen LogP contribution in [-0.2, 0) is 15.5 Å². The number of halogens is 7. The fourth-order valence-electron chi connectivity index (χ4n) is 0.530. The van der Waals surface area contributed by atoms with Gasteiger partial charge in [-0.3, -0.25) is 4.18 Å². The summed E-state index contributed by atoms with van der Waals surface area (Å²) >= 11 is -3.99. The fraction of sp³-hybridized carbons (Fsp3) is 1.00. The molecule has 0 amide bonds. The SMILES string of the molecule is O=S([O-])OC(C(F)(F)F)C(F)(F)C(F)F. The van der Waals surface area contributed by atoms with Crippen LogP contribution in [0.4, 0.5) is 30.7 Å². The molecule has 3 nitrogen and oxygen atoms in total. The zero-order valence-corrected chi connectivity index (χ0v) is 7.25. The summed E-state index contributed by atoms with van der Waals surface area (Å²) in [4.78, 5) is 0. The van der Waals surface area contributed by atoms with Crippen LogP contribution >= 0.6 is 0 Å². The van der Waals surface area contributed by atoms with Crippen molar-refractivity contribution < 1.29 is 43.7 Å². The number of rotatable bonds is 4. The number of hydrogen-bond donors (Lipinski definition) is 0. The predicted molar refractivity (Wildman–Crippen MR) is 30.8 cm³/mol. The molecule has 0 bridgehead atoms. The molecular formula is C4H2F7O3S-. The molecule has 0 saturated carbocycles. The van der Waals surface area contributed by atoms with Gasteiger partial charge in [-0.1, -0.05) is 0 Å². The highest BCUT2D eigenvalue weighted by atomic mass is 32.2. The second-order valence-corrected chi connectivity index (χ2v) is 2.80. The molecule has 0 aromatic carbocycles. The Morgan fingerprint density at radius 1 is 1.13 bits per heavy atom. The average Bonchev–Trinajstić information content (AvgIpc) is 1.97. The van der Waals surface area contributed by atoms with Crippen LogP contribution in [-0.4, -0.2) is 33.4 Å². The lowest BCUT2D eigenvalue weighted by molar-refractivity contribution is -0.287. The van der Waals surface area contributed by atoms with Crippen molar-refractivity contribution in [2.45, 2.75) is 24.6 Å². The van der Waals surface area contributed by atoms with E-state index in [1.54, 1.807) is 0 Å². The molecule has 0 saturated heterocycles. The van der Waals surface area contributed by atoms with E-state index in [4.69, 9.17) is 0 Å². The summed E-state index contributed by atoms with van der Waals surface area (Å²) in [7, 11) is 0. The molecule has 0 radical (unpaired) electrons. The molecule has 2 atom stereocenters. The molecule has 0 fully saturated rings. The molecule has 0 aliphatic rings. The summed E-state index contributed by atoms with van der Waals surface area (Å²) in [5.74, 6) is -5.64. The first-order valence-electron chi connectivity index (χ1n) is 2.98. The molecule has 0 heterocycles. The summed E-state index contributed by atoms with van der Waals surface area (Å²) < 4.78 is 105. The minimum atomic E-state index is -5.93. The molecule has 0 aliphatic carbocycles. The largest absolute Gasteiger partial charge is 0.750 e. The van der Waals surface area contributed by atoms with Gasteiger partial charge in [-0.05, 0) is 0 Å². The monoisotopic (exact) mass is 263 g/mol. The van der Waals surface area contributed by atoms with Crippen LogP contribution in [0.15, 0.2) is 0 Å². The van der Waals surface area contributed by atoms with Crippen LogP contribution in [0.1, 0.15) is 0 Å². The van der Waals surface area contributed by atoms with Gasteiger partial charge in [-0.2, -0.15) is 22.0 Å². The standard InChI is InChI=1S/C4H3F7O3S/c5-2(6)3(7,8)1(4(9,10)11)14-15(12)13/h1-2H,(H,12,13)/p-1. The molecule has 92 valence electrons. The van der Waals surface area contributed by atoms with E-state index in [0.29, 0.717) is 0 Å². The summed E-state index contributed by atoms with van der Waals surface area (Å²) in [6.07, 6.45) is -15.0. The highest BCUT2D eigenvalue weighted by Gasteiger charge is 2.62. The third kappa shape index (κ3) is 3.91. The van der Waals surface area contributed by atoms with Crippen LogP contribution in [0.3, 0.4) is 0 Å². The molecule has 0 aromatic heterocycles. The van der Waals surface area contributed by atoms with Gasteiger partial charge in [-0.25, -0.2) is 13.0 Å². The van der Waals surface area contributed by atoms with Gasteiger partial charge in [0.2, 0.25) is 6.10 Å². The van der Waals surface area contributed by atoms with Crippen LogP contribution < -0.4 is 0 Å². The second kappa shape index (κ2) is 4.61. The lowest BCUT2D eigenvalue weighted by atomic mass is 10.2. The minimum Gasteiger partial charge on any atom is -0.750 e. The van der Waals surface area contributed by atoms with E-state index in [-0.39, 0.29) is 0 Å². The van der Waals surface area contributed by atoms with Crippen molar-refractivity contribution in [3.05, 3.63) is 0 Å². The van der Waals surface area contributed by atoms with Gasteiger partial charge in [-0.15, -0.1) is 0 Å². The Balaban J connectivity index is 5.02. The lowest BCUT2D eigenvalue weighted by Gasteiger charge is -2.27. The highest BCUT2D eigenvalue weighted by Crippen LogP contribution is 2.38. The van der Waals surface area contributed by atoms with Crippen LogP contribution in [0.5, 0.6) is 0 Å². The van der Waals surface area contributed by atoms with E-state index >= 15 is 0 Å². The number of hydrogen-bond acceptors (Lipinski definition) is 3. The molecule has 0 rings (SSSR count). The molecule has 2 unspecified atom stereocenters. The van der Waals surface area contributed by atoms with Crippen molar-refractivity contribution in [3.8, 4) is 0 Å². The highest BCUT2D eigenvalue weighted by molar-refractivity contribution is 7.74. The van der Waals surface area contributed by atoms with Crippen molar-refractivity contribution >= 4 is 11.4 Å². The van der Waals surface area contributed by atoms with E-state index in [0.717, 1.165) is 0 Å². The lowest BCUT2D eigenvalue weighted by Crippen LogP contribution is -2.51. The van der Waals surface area contributed by atoms with Crippen molar-refractivity contribution in [1.82, 2.24) is 0 Å². The Hall–Kier alpha value is -0.420. The smallest absolute Gasteiger partial charge is 0.422 e. The zero-order valence-electron chi connectivity index (χ0n) is 6.43.